The molecule has 1 aromatic rings. The average molecular weight is 293 g/mol. The lowest BCUT2D eigenvalue weighted by atomic mass is 9.97. The number of benzene rings is 1. The summed E-state index contributed by atoms with van der Waals surface area (Å²) in [4.78, 5) is 14.6. The van der Waals surface area contributed by atoms with E-state index in [1.807, 2.05) is 13.8 Å². The molecule has 3 nitrogen and oxygen atoms in total. The number of carbonyl (C=O) groups is 1. The Hall–Kier alpha value is -1.26. The molecule has 0 bridgehead atoms. The first-order chi connectivity index (χ1) is 9.78. The van der Waals surface area contributed by atoms with Crippen LogP contribution in [0.3, 0.4) is 0 Å². The molecule has 0 amide bonds. The lowest BCUT2D eigenvalue weighted by Gasteiger charge is -2.42. The summed E-state index contributed by atoms with van der Waals surface area (Å²) < 4.78 is 19.6. The highest BCUT2D eigenvalue weighted by molar-refractivity contribution is 5.98. The van der Waals surface area contributed by atoms with E-state index in [2.05, 4.69) is 18.7 Å². The number of ketones is 1. The van der Waals surface area contributed by atoms with Gasteiger partial charge in [-0.05, 0) is 32.9 Å². The van der Waals surface area contributed by atoms with Gasteiger partial charge >= 0.3 is 0 Å². The molecule has 1 fully saturated rings. The summed E-state index contributed by atoms with van der Waals surface area (Å²) in [5, 5.41) is 0. The Bertz CT molecular complexity index is 515. The van der Waals surface area contributed by atoms with Gasteiger partial charge in [0.1, 0.15) is 5.82 Å². The zero-order valence-corrected chi connectivity index (χ0v) is 13.2. The van der Waals surface area contributed by atoms with Gasteiger partial charge in [0.2, 0.25) is 0 Å². The number of carbonyl (C=O) groups excluding carboxylic acids is 1. The fourth-order valence-corrected chi connectivity index (χ4v) is 3.12. The van der Waals surface area contributed by atoms with Gasteiger partial charge < -0.3 is 4.74 Å². The highest BCUT2D eigenvalue weighted by Gasteiger charge is 2.32. The Balaban J connectivity index is 2.03. The van der Waals surface area contributed by atoms with E-state index in [1.165, 1.54) is 6.07 Å². The van der Waals surface area contributed by atoms with E-state index >= 15 is 0 Å². The van der Waals surface area contributed by atoms with Crippen LogP contribution in [0, 0.1) is 11.7 Å². The summed E-state index contributed by atoms with van der Waals surface area (Å²) in [6.45, 7) is 10.2. The summed E-state index contributed by atoms with van der Waals surface area (Å²) in [5.74, 6) is -0.807. The van der Waals surface area contributed by atoms with Crippen molar-refractivity contribution in [2.75, 3.05) is 19.6 Å². The molecule has 21 heavy (non-hydrogen) atoms. The van der Waals surface area contributed by atoms with Crippen LogP contribution >= 0.6 is 0 Å². The minimum absolute atomic E-state index is 0.134. The van der Waals surface area contributed by atoms with Gasteiger partial charge in [-0.25, -0.2) is 4.39 Å². The van der Waals surface area contributed by atoms with Crippen LogP contribution in [-0.4, -0.2) is 42.0 Å². The van der Waals surface area contributed by atoms with Gasteiger partial charge in [-0.3, -0.25) is 9.69 Å². The first-order valence-electron chi connectivity index (χ1n) is 7.47. The molecule has 2 rings (SSSR count). The fourth-order valence-electron chi connectivity index (χ4n) is 3.12. The first-order valence-corrected chi connectivity index (χ1v) is 7.47. The first kappa shape index (κ1) is 16.1. The lowest BCUT2D eigenvalue weighted by molar-refractivity contribution is -0.130. The van der Waals surface area contributed by atoms with Crippen molar-refractivity contribution in [2.45, 2.75) is 39.4 Å². The van der Waals surface area contributed by atoms with E-state index in [0.29, 0.717) is 6.54 Å². The predicted molar refractivity (Wildman–Crippen MR) is 81.0 cm³/mol. The molecule has 0 aromatic heterocycles. The Morgan fingerprint density at radius 3 is 2.76 bits per heavy atom. The number of nitrogens with zero attached hydrogens (tertiary/aromatic N) is 1. The van der Waals surface area contributed by atoms with Gasteiger partial charge in [-0.15, -0.1) is 0 Å². The summed E-state index contributed by atoms with van der Waals surface area (Å²) in [6, 6.07) is 6.19. The number of Topliss-reactive ketones (excluding diaryl/α,β-unsaturated/α-hetero) is 1. The predicted octanol–water partition coefficient (Wildman–Crippen LogP) is 3.14. The van der Waals surface area contributed by atoms with Crippen molar-refractivity contribution in [3.8, 4) is 0 Å². The minimum atomic E-state index is -0.440. The number of morpholine rings is 1. The molecule has 1 aliphatic rings. The second-order valence-corrected chi connectivity index (χ2v) is 6.63. The van der Waals surface area contributed by atoms with E-state index in [4.69, 9.17) is 4.74 Å². The monoisotopic (exact) mass is 293 g/mol. The number of rotatable bonds is 4. The van der Waals surface area contributed by atoms with Crippen molar-refractivity contribution in [2.24, 2.45) is 5.92 Å². The Labute approximate surface area is 126 Å². The highest BCUT2D eigenvalue weighted by atomic mass is 19.1. The third-order valence-corrected chi connectivity index (χ3v) is 3.76. The number of hydrogen-bond acceptors (Lipinski definition) is 3. The maximum atomic E-state index is 13.7. The molecule has 1 aliphatic heterocycles. The van der Waals surface area contributed by atoms with Crippen molar-refractivity contribution in [1.29, 1.82) is 0 Å². The van der Waals surface area contributed by atoms with Gasteiger partial charge in [-0.1, -0.05) is 19.1 Å². The molecule has 0 radical (unpaired) electrons. The highest BCUT2D eigenvalue weighted by Crippen LogP contribution is 2.22. The maximum Gasteiger partial charge on any atom is 0.169 e. The molecular weight excluding hydrogens is 269 g/mol. The molecule has 116 valence electrons. The van der Waals surface area contributed by atoms with Crippen LogP contribution in [0.2, 0.25) is 0 Å². The number of hydrogen-bond donors (Lipinski definition) is 0. The van der Waals surface area contributed by atoms with E-state index < -0.39 is 5.82 Å². The summed E-state index contributed by atoms with van der Waals surface area (Å²) >= 11 is 0. The molecule has 0 N–H and O–H groups in total. The molecule has 1 aromatic carbocycles. The molecule has 0 spiro atoms. The Morgan fingerprint density at radius 1 is 1.48 bits per heavy atom. The van der Waals surface area contributed by atoms with Crippen LogP contribution in [0.25, 0.3) is 0 Å². The van der Waals surface area contributed by atoms with Crippen LogP contribution in [0.4, 0.5) is 4.39 Å². The molecule has 0 aliphatic carbocycles. The van der Waals surface area contributed by atoms with Gasteiger partial charge in [0.25, 0.3) is 0 Å². The van der Waals surface area contributed by atoms with Crippen LogP contribution in [0.15, 0.2) is 24.3 Å². The van der Waals surface area contributed by atoms with Crippen molar-refractivity contribution in [3.05, 3.63) is 35.6 Å². The number of ether oxygens (including phenoxy) is 1. The number of halogens is 1. The van der Waals surface area contributed by atoms with Crippen LogP contribution in [0.1, 0.15) is 38.1 Å². The van der Waals surface area contributed by atoms with Crippen molar-refractivity contribution >= 4 is 5.78 Å². The Morgan fingerprint density at radius 2 is 2.14 bits per heavy atom. The van der Waals surface area contributed by atoms with Gasteiger partial charge in [-0.2, -0.15) is 0 Å². The molecule has 1 saturated heterocycles. The van der Waals surface area contributed by atoms with Crippen molar-refractivity contribution < 1.29 is 13.9 Å². The SMILES string of the molecule is CC1CN(CC(C)C(=O)c2ccccc2F)CC(C)(C)O1. The van der Waals surface area contributed by atoms with E-state index in [9.17, 15) is 9.18 Å². The lowest BCUT2D eigenvalue weighted by Crippen LogP contribution is -2.53. The zero-order chi connectivity index (χ0) is 15.6. The smallest absolute Gasteiger partial charge is 0.169 e. The molecule has 2 unspecified atom stereocenters. The van der Waals surface area contributed by atoms with Crippen LogP contribution in [-0.2, 0) is 4.74 Å². The quantitative estimate of drug-likeness (QED) is 0.799. The van der Waals surface area contributed by atoms with E-state index in [-0.39, 0.29) is 29.0 Å². The van der Waals surface area contributed by atoms with Crippen LogP contribution < -0.4 is 0 Å². The standard InChI is InChI=1S/C17H24FNO2/c1-12(16(20)14-7-5-6-8-15(14)18)9-19-10-13(2)21-17(3,4)11-19/h5-8,12-13H,9-11H2,1-4H3. The molecule has 4 heteroatoms. The molecular formula is C17H24FNO2. The van der Waals surface area contributed by atoms with Gasteiger partial charge in [0.15, 0.2) is 5.78 Å². The fraction of sp³-hybridized carbons (Fsp3) is 0.588. The molecule has 1 heterocycles. The second kappa shape index (κ2) is 6.24. The molecule has 2 atom stereocenters. The zero-order valence-electron chi connectivity index (χ0n) is 13.2. The maximum absolute atomic E-state index is 13.7. The summed E-state index contributed by atoms with van der Waals surface area (Å²) in [5.41, 5.74) is -0.0242. The van der Waals surface area contributed by atoms with Crippen LogP contribution in [0.5, 0.6) is 0 Å². The van der Waals surface area contributed by atoms with Gasteiger partial charge in [0, 0.05) is 25.6 Å². The van der Waals surface area contributed by atoms with Crippen molar-refractivity contribution in [3.63, 3.8) is 0 Å². The minimum Gasteiger partial charge on any atom is -0.370 e. The Kier molecular flexibility index (Phi) is 4.79. The summed E-state index contributed by atoms with van der Waals surface area (Å²) in [6.07, 6.45) is 0.143. The van der Waals surface area contributed by atoms with E-state index in [1.54, 1.807) is 18.2 Å². The topological polar surface area (TPSA) is 29.5 Å². The van der Waals surface area contributed by atoms with E-state index in [0.717, 1.165) is 13.1 Å². The summed E-state index contributed by atoms with van der Waals surface area (Å²) in [7, 11) is 0. The molecule has 0 saturated carbocycles. The van der Waals surface area contributed by atoms with Gasteiger partial charge in [0.05, 0.1) is 17.3 Å². The normalized spacial score (nSPS) is 23.8. The third-order valence-electron chi connectivity index (χ3n) is 3.76. The average Bonchev–Trinajstić information content (AvgIpc) is 2.35. The largest absolute Gasteiger partial charge is 0.370 e. The van der Waals surface area contributed by atoms with Crippen molar-refractivity contribution in [1.82, 2.24) is 4.90 Å². The third kappa shape index (κ3) is 4.11. The second-order valence-electron chi connectivity index (χ2n) is 6.63.